The Hall–Kier alpha value is -1.51. The van der Waals surface area contributed by atoms with E-state index in [0.29, 0.717) is 22.0 Å². The van der Waals surface area contributed by atoms with Crippen LogP contribution in [0, 0.1) is 0 Å². The van der Waals surface area contributed by atoms with E-state index in [0.717, 1.165) is 5.76 Å². The minimum Gasteiger partial charge on any atom is -0.469 e. The van der Waals surface area contributed by atoms with Gasteiger partial charge in [-0.25, -0.2) is 0 Å². The standard InChI is InChI=1S/C14H10Cl2O2/c15-10-6-7-12(13(16)9-10)14(17)5-1-3-11-4-2-8-18-11/h1-2,4-9H,3H2. The maximum absolute atomic E-state index is 11.9. The molecule has 2 nitrogen and oxygen atoms in total. The largest absolute Gasteiger partial charge is 0.469 e. The first-order valence-electron chi connectivity index (χ1n) is 5.35. The molecule has 0 N–H and O–H groups in total. The van der Waals surface area contributed by atoms with Crippen molar-refractivity contribution in [3.8, 4) is 0 Å². The third-order valence-electron chi connectivity index (χ3n) is 2.36. The zero-order chi connectivity index (χ0) is 13.0. The molecule has 0 bridgehead atoms. The molecule has 1 heterocycles. The number of hydrogen-bond acceptors (Lipinski definition) is 2. The maximum atomic E-state index is 11.9. The van der Waals surface area contributed by atoms with Crippen LogP contribution >= 0.6 is 23.2 Å². The number of rotatable bonds is 4. The van der Waals surface area contributed by atoms with E-state index in [1.165, 1.54) is 6.08 Å². The Morgan fingerprint density at radius 1 is 1.28 bits per heavy atom. The lowest BCUT2D eigenvalue weighted by Crippen LogP contribution is -1.95. The Bertz CT molecular complexity index is 571. The van der Waals surface area contributed by atoms with Crippen molar-refractivity contribution < 1.29 is 9.21 Å². The van der Waals surface area contributed by atoms with Crippen molar-refractivity contribution in [3.05, 3.63) is 70.1 Å². The molecule has 0 spiro atoms. The monoisotopic (exact) mass is 280 g/mol. The topological polar surface area (TPSA) is 30.2 Å². The number of hydrogen-bond donors (Lipinski definition) is 0. The van der Waals surface area contributed by atoms with Crippen LogP contribution in [0.4, 0.5) is 0 Å². The van der Waals surface area contributed by atoms with E-state index in [1.54, 1.807) is 36.6 Å². The average Bonchev–Trinajstić information content (AvgIpc) is 2.81. The Labute approximate surface area is 115 Å². The second kappa shape index (κ2) is 5.89. The van der Waals surface area contributed by atoms with Gasteiger partial charge in [0.05, 0.1) is 11.3 Å². The van der Waals surface area contributed by atoms with Crippen LogP contribution < -0.4 is 0 Å². The minimum atomic E-state index is -0.150. The molecule has 0 radical (unpaired) electrons. The molecule has 0 atom stereocenters. The highest BCUT2D eigenvalue weighted by Crippen LogP contribution is 2.21. The van der Waals surface area contributed by atoms with Gasteiger partial charge in [-0.15, -0.1) is 0 Å². The van der Waals surface area contributed by atoms with Gasteiger partial charge in [-0.05, 0) is 36.4 Å². The summed E-state index contributed by atoms with van der Waals surface area (Å²) in [5, 5.41) is 0.867. The molecule has 92 valence electrons. The van der Waals surface area contributed by atoms with Crippen LogP contribution in [0.1, 0.15) is 16.1 Å². The predicted molar refractivity (Wildman–Crippen MR) is 72.3 cm³/mol. The highest BCUT2D eigenvalue weighted by Gasteiger charge is 2.07. The summed E-state index contributed by atoms with van der Waals surface area (Å²) in [6, 6.07) is 8.47. The van der Waals surface area contributed by atoms with Crippen LogP contribution in [-0.4, -0.2) is 5.78 Å². The summed E-state index contributed by atoms with van der Waals surface area (Å²) < 4.78 is 5.15. The fraction of sp³-hybridized carbons (Fsp3) is 0.0714. The Morgan fingerprint density at radius 2 is 2.11 bits per heavy atom. The minimum absolute atomic E-state index is 0.150. The molecular formula is C14H10Cl2O2. The molecule has 0 amide bonds. The van der Waals surface area contributed by atoms with Crippen molar-refractivity contribution in [3.63, 3.8) is 0 Å². The predicted octanol–water partition coefficient (Wildman–Crippen LogP) is 4.57. The van der Waals surface area contributed by atoms with Gasteiger partial charge in [0.2, 0.25) is 0 Å². The maximum Gasteiger partial charge on any atom is 0.187 e. The molecule has 2 aromatic rings. The summed E-state index contributed by atoms with van der Waals surface area (Å²) in [6.45, 7) is 0. The van der Waals surface area contributed by atoms with Crippen molar-refractivity contribution >= 4 is 29.0 Å². The third-order valence-corrected chi connectivity index (χ3v) is 2.91. The number of allylic oxidation sites excluding steroid dienone is 2. The van der Waals surface area contributed by atoms with Crippen LogP contribution in [0.2, 0.25) is 10.0 Å². The Morgan fingerprint density at radius 3 is 2.78 bits per heavy atom. The molecule has 4 heteroatoms. The van der Waals surface area contributed by atoms with Crippen LogP contribution in [0.5, 0.6) is 0 Å². The summed E-state index contributed by atoms with van der Waals surface area (Å²) >= 11 is 11.7. The highest BCUT2D eigenvalue weighted by atomic mass is 35.5. The first-order chi connectivity index (χ1) is 8.66. The normalized spacial score (nSPS) is 11.0. The zero-order valence-corrected chi connectivity index (χ0v) is 10.9. The lowest BCUT2D eigenvalue weighted by atomic mass is 10.1. The van der Waals surface area contributed by atoms with Crippen LogP contribution in [0.3, 0.4) is 0 Å². The van der Waals surface area contributed by atoms with Gasteiger partial charge >= 0.3 is 0 Å². The zero-order valence-electron chi connectivity index (χ0n) is 9.40. The molecule has 0 fully saturated rings. The van der Waals surface area contributed by atoms with E-state index >= 15 is 0 Å². The number of benzene rings is 1. The number of furan rings is 1. The van der Waals surface area contributed by atoms with Gasteiger partial charge in [-0.1, -0.05) is 29.3 Å². The van der Waals surface area contributed by atoms with Crippen molar-refractivity contribution in [1.82, 2.24) is 0 Å². The second-order valence-corrected chi connectivity index (χ2v) is 4.52. The van der Waals surface area contributed by atoms with E-state index in [9.17, 15) is 4.79 Å². The number of carbonyl (C=O) groups excluding carboxylic acids is 1. The van der Waals surface area contributed by atoms with Crippen LogP contribution in [-0.2, 0) is 6.42 Å². The molecule has 0 unspecified atom stereocenters. The van der Waals surface area contributed by atoms with Crippen molar-refractivity contribution in [2.45, 2.75) is 6.42 Å². The van der Waals surface area contributed by atoms with Gasteiger partial charge < -0.3 is 4.42 Å². The van der Waals surface area contributed by atoms with Gasteiger partial charge in [0.15, 0.2) is 5.78 Å². The van der Waals surface area contributed by atoms with E-state index in [4.69, 9.17) is 27.6 Å². The molecular weight excluding hydrogens is 271 g/mol. The lowest BCUT2D eigenvalue weighted by Gasteiger charge is -1.99. The first-order valence-corrected chi connectivity index (χ1v) is 6.11. The summed E-state index contributed by atoms with van der Waals surface area (Å²) in [4.78, 5) is 11.9. The summed E-state index contributed by atoms with van der Waals surface area (Å²) in [5.74, 6) is 0.657. The Balaban J connectivity index is 2.05. The third kappa shape index (κ3) is 3.25. The summed E-state index contributed by atoms with van der Waals surface area (Å²) in [6.07, 6.45) is 5.40. The quantitative estimate of drug-likeness (QED) is 0.607. The molecule has 1 aromatic heterocycles. The van der Waals surface area contributed by atoms with Crippen LogP contribution in [0.15, 0.2) is 53.2 Å². The summed E-state index contributed by atoms with van der Waals surface area (Å²) in [7, 11) is 0. The first kappa shape index (κ1) is 12.9. The smallest absolute Gasteiger partial charge is 0.187 e. The van der Waals surface area contributed by atoms with Crippen molar-refractivity contribution in [2.75, 3.05) is 0 Å². The SMILES string of the molecule is O=C(C=CCc1ccco1)c1ccc(Cl)cc1Cl. The van der Waals surface area contributed by atoms with Crippen molar-refractivity contribution in [2.24, 2.45) is 0 Å². The molecule has 0 aliphatic heterocycles. The molecule has 0 aliphatic carbocycles. The highest BCUT2D eigenvalue weighted by molar-refractivity contribution is 6.37. The van der Waals surface area contributed by atoms with Gasteiger partial charge in [-0.3, -0.25) is 4.79 Å². The van der Waals surface area contributed by atoms with Crippen LogP contribution in [0.25, 0.3) is 0 Å². The van der Waals surface area contributed by atoms with E-state index in [-0.39, 0.29) is 5.78 Å². The number of carbonyl (C=O) groups is 1. The molecule has 0 saturated carbocycles. The molecule has 0 aliphatic rings. The molecule has 2 rings (SSSR count). The second-order valence-electron chi connectivity index (χ2n) is 3.67. The summed E-state index contributed by atoms with van der Waals surface area (Å²) in [5.41, 5.74) is 0.441. The average molecular weight is 281 g/mol. The molecule has 1 aromatic carbocycles. The van der Waals surface area contributed by atoms with Crippen molar-refractivity contribution in [1.29, 1.82) is 0 Å². The van der Waals surface area contributed by atoms with Gasteiger partial charge in [-0.2, -0.15) is 0 Å². The van der Waals surface area contributed by atoms with Gasteiger partial charge in [0, 0.05) is 17.0 Å². The molecule has 18 heavy (non-hydrogen) atoms. The lowest BCUT2D eigenvalue weighted by molar-refractivity contribution is 0.104. The van der Waals surface area contributed by atoms with Gasteiger partial charge in [0.25, 0.3) is 0 Å². The number of halogens is 2. The van der Waals surface area contributed by atoms with E-state index in [2.05, 4.69) is 0 Å². The fourth-order valence-electron chi connectivity index (χ4n) is 1.49. The fourth-order valence-corrected chi connectivity index (χ4v) is 1.99. The molecule has 0 saturated heterocycles. The van der Waals surface area contributed by atoms with Gasteiger partial charge in [0.1, 0.15) is 5.76 Å². The Kier molecular flexibility index (Phi) is 4.24. The number of ketones is 1. The van der Waals surface area contributed by atoms with E-state index in [1.807, 2.05) is 6.07 Å². The van der Waals surface area contributed by atoms with E-state index < -0.39 is 0 Å².